The second-order valence-electron chi connectivity index (χ2n) is 7.60. The zero-order valence-electron chi connectivity index (χ0n) is 16.0. The topological polar surface area (TPSA) is 15.6 Å². The van der Waals surface area contributed by atoms with Gasteiger partial charge in [0, 0.05) is 24.6 Å². The summed E-state index contributed by atoms with van der Waals surface area (Å²) in [5.74, 6) is 1.40. The normalized spacial score (nSPS) is 25.3. The molecule has 0 aromatic carbocycles. The molecule has 26 heavy (non-hydrogen) atoms. The molecule has 0 spiro atoms. The zero-order chi connectivity index (χ0) is 18.7. The first kappa shape index (κ1) is 18.6. The zero-order valence-corrected chi connectivity index (χ0v) is 16.0. The van der Waals surface area contributed by atoms with Gasteiger partial charge in [-0.25, -0.2) is 9.38 Å². The fraction of sp³-hybridized carbons (Fsp3) is 0.435. The Morgan fingerprint density at radius 3 is 3.00 bits per heavy atom. The molecule has 0 aromatic heterocycles. The quantitative estimate of drug-likeness (QED) is 0.517. The van der Waals surface area contributed by atoms with Gasteiger partial charge in [-0.15, -0.1) is 6.58 Å². The highest BCUT2D eigenvalue weighted by atomic mass is 19.1. The molecule has 0 saturated carbocycles. The van der Waals surface area contributed by atoms with Crippen LogP contribution in [0.3, 0.4) is 0 Å². The van der Waals surface area contributed by atoms with Gasteiger partial charge < -0.3 is 4.90 Å². The Morgan fingerprint density at radius 1 is 1.46 bits per heavy atom. The first-order valence-electron chi connectivity index (χ1n) is 9.56. The Labute approximate surface area is 156 Å². The minimum Gasteiger partial charge on any atom is -0.333 e. The highest BCUT2D eigenvalue weighted by Crippen LogP contribution is 2.34. The summed E-state index contributed by atoms with van der Waals surface area (Å²) in [4.78, 5) is 7.14. The fourth-order valence-electron chi connectivity index (χ4n) is 4.03. The fourth-order valence-corrected chi connectivity index (χ4v) is 4.03. The van der Waals surface area contributed by atoms with Crippen molar-refractivity contribution < 1.29 is 4.39 Å². The minimum atomic E-state index is -0.00320. The number of hydrogen-bond donors (Lipinski definition) is 0. The van der Waals surface area contributed by atoms with E-state index in [-0.39, 0.29) is 11.7 Å². The highest BCUT2D eigenvalue weighted by molar-refractivity contribution is 6.02. The molecule has 138 valence electrons. The van der Waals surface area contributed by atoms with E-state index in [1.165, 1.54) is 5.57 Å². The second-order valence-corrected chi connectivity index (χ2v) is 7.60. The van der Waals surface area contributed by atoms with Crippen LogP contribution in [0.15, 0.2) is 77.0 Å². The second kappa shape index (κ2) is 8.03. The van der Waals surface area contributed by atoms with E-state index in [9.17, 15) is 4.39 Å². The van der Waals surface area contributed by atoms with Crippen LogP contribution in [0.25, 0.3) is 0 Å². The summed E-state index contributed by atoms with van der Waals surface area (Å²) >= 11 is 0. The number of halogens is 1. The molecule has 3 rings (SSSR count). The summed E-state index contributed by atoms with van der Waals surface area (Å²) in [5.41, 5.74) is 4.31. The Kier molecular flexibility index (Phi) is 5.75. The van der Waals surface area contributed by atoms with Gasteiger partial charge in [-0.05, 0) is 56.3 Å². The predicted octanol–water partition coefficient (Wildman–Crippen LogP) is 6.24. The van der Waals surface area contributed by atoms with Crippen molar-refractivity contribution in [1.29, 1.82) is 0 Å². The molecule has 0 amide bonds. The van der Waals surface area contributed by atoms with Crippen molar-refractivity contribution in [2.24, 2.45) is 16.8 Å². The molecule has 2 nitrogen and oxygen atoms in total. The minimum absolute atomic E-state index is 0.00320. The Morgan fingerprint density at radius 2 is 2.27 bits per heavy atom. The monoisotopic (exact) mass is 352 g/mol. The molecule has 2 atom stereocenters. The summed E-state index contributed by atoms with van der Waals surface area (Å²) in [7, 11) is 0. The number of rotatable bonds is 6. The van der Waals surface area contributed by atoms with Gasteiger partial charge in [-0.1, -0.05) is 37.3 Å². The lowest BCUT2D eigenvalue weighted by Crippen LogP contribution is -2.35. The van der Waals surface area contributed by atoms with E-state index in [0.29, 0.717) is 5.92 Å². The standard InChI is InChI=1S/C23H29FN2/c1-5-8-20-15-26-12-7-6-9-21(26)25-23(20)16(2)10-11-19-13-17(3)22(24)18(4)14-19/h5,7,9,12-13,18,20H,1-2,6,8,10-11,14-15H2,3-4H3. The van der Waals surface area contributed by atoms with Crippen LogP contribution < -0.4 is 0 Å². The first-order valence-corrected chi connectivity index (χ1v) is 9.56. The maximum Gasteiger partial charge on any atom is 0.129 e. The lowest BCUT2D eigenvalue weighted by Gasteiger charge is -2.34. The van der Waals surface area contributed by atoms with Gasteiger partial charge in [-0.3, -0.25) is 0 Å². The van der Waals surface area contributed by atoms with E-state index in [2.05, 4.69) is 36.4 Å². The van der Waals surface area contributed by atoms with Gasteiger partial charge in [0.05, 0.1) is 5.71 Å². The van der Waals surface area contributed by atoms with Crippen LogP contribution in [-0.2, 0) is 0 Å². The molecule has 0 saturated heterocycles. The Balaban J connectivity index is 1.71. The van der Waals surface area contributed by atoms with Crippen LogP contribution in [-0.4, -0.2) is 17.2 Å². The van der Waals surface area contributed by atoms with Crippen molar-refractivity contribution in [3.8, 4) is 0 Å². The average Bonchev–Trinajstić information content (AvgIpc) is 2.63. The van der Waals surface area contributed by atoms with Gasteiger partial charge in [0.25, 0.3) is 0 Å². The molecule has 0 fully saturated rings. The first-order chi connectivity index (χ1) is 12.5. The molecule has 0 bridgehead atoms. The Hall–Kier alpha value is -2.16. The maximum absolute atomic E-state index is 13.9. The number of hydrogen-bond acceptors (Lipinski definition) is 2. The third-order valence-corrected chi connectivity index (χ3v) is 5.41. The number of allylic oxidation sites excluding steroid dienone is 8. The molecule has 0 N–H and O–H groups in total. The van der Waals surface area contributed by atoms with Crippen molar-refractivity contribution in [3.05, 3.63) is 72.0 Å². The van der Waals surface area contributed by atoms with Crippen molar-refractivity contribution in [3.63, 3.8) is 0 Å². The van der Waals surface area contributed by atoms with Crippen LogP contribution in [0, 0.1) is 11.8 Å². The van der Waals surface area contributed by atoms with Gasteiger partial charge in [0.1, 0.15) is 11.6 Å². The van der Waals surface area contributed by atoms with Crippen LogP contribution in [0.5, 0.6) is 0 Å². The third-order valence-electron chi connectivity index (χ3n) is 5.41. The number of aliphatic imine (C=N–C) groups is 1. The predicted molar refractivity (Wildman–Crippen MR) is 108 cm³/mol. The molecular weight excluding hydrogens is 323 g/mol. The molecule has 3 aliphatic rings. The molecule has 2 heterocycles. The smallest absolute Gasteiger partial charge is 0.129 e. The molecule has 2 unspecified atom stereocenters. The summed E-state index contributed by atoms with van der Waals surface area (Å²) in [6.45, 7) is 13.0. The molecule has 0 radical (unpaired) electrons. The van der Waals surface area contributed by atoms with Crippen molar-refractivity contribution in [2.45, 2.75) is 46.0 Å². The summed E-state index contributed by atoms with van der Waals surface area (Å²) in [5, 5.41) is 0. The lowest BCUT2D eigenvalue weighted by molar-refractivity contribution is 0.388. The van der Waals surface area contributed by atoms with Crippen molar-refractivity contribution >= 4 is 5.71 Å². The van der Waals surface area contributed by atoms with E-state index in [1.54, 1.807) is 0 Å². The summed E-state index contributed by atoms with van der Waals surface area (Å²) < 4.78 is 13.9. The molecule has 1 aliphatic carbocycles. The van der Waals surface area contributed by atoms with E-state index >= 15 is 0 Å². The molecule has 3 heteroatoms. The van der Waals surface area contributed by atoms with E-state index in [0.717, 1.165) is 61.3 Å². The summed E-state index contributed by atoms with van der Waals surface area (Å²) in [6, 6.07) is 0. The van der Waals surface area contributed by atoms with E-state index in [1.807, 2.05) is 26.0 Å². The summed E-state index contributed by atoms with van der Waals surface area (Å²) in [6.07, 6.45) is 14.9. The average molecular weight is 352 g/mol. The largest absolute Gasteiger partial charge is 0.333 e. The van der Waals surface area contributed by atoms with Crippen LogP contribution in [0.1, 0.15) is 46.0 Å². The van der Waals surface area contributed by atoms with Gasteiger partial charge in [0.2, 0.25) is 0 Å². The molecule has 0 aromatic rings. The molecule has 2 aliphatic heterocycles. The van der Waals surface area contributed by atoms with Gasteiger partial charge >= 0.3 is 0 Å². The Bertz CT molecular complexity index is 748. The van der Waals surface area contributed by atoms with Gasteiger partial charge in [-0.2, -0.15) is 0 Å². The van der Waals surface area contributed by atoms with E-state index < -0.39 is 0 Å². The highest BCUT2D eigenvalue weighted by Gasteiger charge is 2.27. The van der Waals surface area contributed by atoms with Gasteiger partial charge in [0.15, 0.2) is 0 Å². The van der Waals surface area contributed by atoms with Crippen molar-refractivity contribution in [2.75, 3.05) is 6.54 Å². The van der Waals surface area contributed by atoms with Crippen molar-refractivity contribution in [1.82, 2.24) is 4.90 Å². The van der Waals surface area contributed by atoms with E-state index in [4.69, 9.17) is 4.99 Å². The van der Waals surface area contributed by atoms with Crippen LogP contribution in [0.2, 0.25) is 0 Å². The number of fused-ring (bicyclic) bond motifs is 1. The maximum atomic E-state index is 13.9. The number of nitrogens with zero attached hydrogens (tertiary/aromatic N) is 2. The van der Waals surface area contributed by atoms with Crippen LogP contribution in [0.4, 0.5) is 4.39 Å². The molecular formula is C23H29FN2. The lowest BCUT2D eigenvalue weighted by atomic mass is 9.85. The SMILES string of the molecule is C=CCC1CN2C=CCC=C2N=C1C(=C)CCC1=CC(C)=C(F)C(C)C1. The third kappa shape index (κ3) is 3.98. The van der Waals surface area contributed by atoms with Crippen LogP contribution >= 0.6 is 0 Å².